The van der Waals surface area contributed by atoms with Crippen molar-refractivity contribution < 1.29 is 9.59 Å². The van der Waals surface area contributed by atoms with Crippen molar-refractivity contribution in [2.75, 3.05) is 6.54 Å². The molecule has 4 nitrogen and oxygen atoms in total. The molecule has 154 valence electrons. The molecule has 3 rings (SSSR count). The molecule has 4 heteroatoms. The van der Waals surface area contributed by atoms with Crippen molar-refractivity contribution in [3.8, 4) is 0 Å². The molecule has 2 aromatic carbocycles. The summed E-state index contributed by atoms with van der Waals surface area (Å²) in [5, 5.41) is 3.18. The van der Waals surface area contributed by atoms with Gasteiger partial charge in [-0.3, -0.25) is 9.59 Å². The highest BCUT2D eigenvalue weighted by molar-refractivity contribution is 5.88. The molecule has 29 heavy (non-hydrogen) atoms. The summed E-state index contributed by atoms with van der Waals surface area (Å²) in [7, 11) is 0. The van der Waals surface area contributed by atoms with Gasteiger partial charge in [0.25, 0.3) is 0 Å². The first-order valence-electron chi connectivity index (χ1n) is 10.8. The van der Waals surface area contributed by atoms with Crippen molar-refractivity contribution >= 4 is 11.8 Å². The minimum Gasteiger partial charge on any atom is -0.352 e. The van der Waals surface area contributed by atoms with E-state index in [-0.39, 0.29) is 17.9 Å². The molecule has 0 saturated heterocycles. The van der Waals surface area contributed by atoms with Crippen LogP contribution in [0.1, 0.15) is 50.2 Å². The zero-order valence-electron chi connectivity index (χ0n) is 17.3. The van der Waals surface area contributed by atoms with E-state index in [2.05, 4.69) is 17.4 Å². The molecule has 1 aliphatic rings. The Morgan fingerprint density at radius 3 is 2.14 bits per heavy atom. The highest BCUT2D eigenvalue weighted by Gasteiger charge is 2.27. The van der Waals surface area contributed by atoms with Crippen LogP contribution >= 0.6 is 0 Å². The van der Waals surface area contributed by atoms with E-state index in [1.807, 2.05) is 55.5 Å². The van der Waals surface area contributed by atoms with Gasteiger partial charge in [0.05, 0.1) is 6.42 Å². The van der Waals surface area contributed by atoms with Gasteiger partial charge in [0, 0.05) is 12.6 Å². The van der Waals surface area contributed by atoms with E-state index in [9.17, 15) is 9.59 Å². The third-order valence-corrected chi connectivity index (χ3v) is 5.80. The molecular weight excluding hydrogens is 360 g/mol. The third-order valence-electron chi connectivity index (χ3n) is 5.80. The number of carbonyl (C=O) groups excluding carboxylic acids is 2. The lowest BCUT2D eigenvalue weighted by molar-refractivity contribution is -0.139. The van der Waals surface area contributed by atoms with Crippen molar-refractivity contribution in [2.24, 2.45) is 0 Å². The highest BCUT2D eigenvalue weighted by Crippen LogP contribution is 2.18. The smallest absolute Gasteiger partial charge is 0.242 e. The first-order valence-corrected chi connectivity index (χ1v) is 10.8. The second-order valence-corrected chi connectivity index (χ2v) is 8.00. The van der Waals surface area contributed by atoms with Crippen LogP contribution in [0.25, 0.3) is 0 Å². The van der Waals surface area contributed by atoms with Crippen LogP contribution in [0.15, 0.2) is 60.7 Å². The monoisotopic (exact) mass is 392 g/mol. The summed E-state index contributed by atoms with van der Waals surface area (Å²) in [6.45, 7) is 2.39. The Morgan fingerprint density at radius 1 is 0.931 bits per heavy atom. The molecule has 1 fully saturated rings. The fourth-order valence-corrected chi connectivity index (χ4v) is 4.01. The molecule has 2 aromatic rings. The summed E-state index contributed by atoms with van der Waals surface area (Å²) < 4.78 is 0. The Labute approximate surface area is 174 Å². The Kier molecular flexibility index (Phi) is 7.85. The van der Waals surface area contributed by atoms with Crippen molar-refractivity contribution in [2.45, 2.75) is 64.0 Å². The number of hydrogen-bond acceptors (Lipinski definition) is 2. The highest BCUT2D eigenvalue weighted by atomic mass is 16.2. The molecule has 1 atom stereocenters. The van der Waals surface area contributed by atoms with Crippen molar-refractivity contribution in [1.29, 1.82) is 0 Å². The average Bonchev–Trinajstić information content (AvgIpc) is 2.76. The van der Waals surface area contributed by atoms with E-state index in [4.69, 9.17) is 0 Å². The van der Waals surface area contributed by atoms with E-state index in [0.29, 0.717) is 13.0 Å². The number of rotatable bonds is 8. The van der Waals surface area contributed by atoms with Gasteiger partial charge in [-0.05, 0) is 37.3 Å². The number of nitrogens with one attached hydrogen (secondary N) is 1. The molecule has 2 amide bonds. The molecule has 0 bridgehead atoms. The molecule has 0 spiro atoms. The summed E-state index contributed by atoms with van der Waals surface area (Å²) in [5.74, 6) is -0.0372. The summed E-state index contributed by atoms with van der Waals surface area (Å²) in [4.78, 5) is 27.8. The van der Waals surface area contributed by atoms with Gasteiger partial charge in [-0.15, -0.1) is 0 Å². The van der Waals surface area contributed by atoms with Crippen LogP contribution in [0, 0.1) is 0 Å². The van der Waals surface area contributed by atoms with E-state index < -0.39 is 6.04 Å². The fourth-order valence-electron chi connectivity index (χ4n) is 4.01. The summed E-state index contributed by atoms with van der Waals surface area (Å²) >= 11 is 0. The van der Waals surface area contributed by atoms with Crippen LogP contribution in [0.2, 0.25) is 0 Å². The van der Waals surface area contributed by atoms with Gasteiger partial charge in [-0.1, -0.05) is 79.9 Å². The first kappa shape index (κ1) is 21.1. The molecule has 0 heterocycles. The number of carbonyl (C=O) groups is 2. The Balaban J connectivity index is 1.67. The van der Waals surface area contributed by atoms with Crippen LogP contribution in [0.5, 0.6) is 0 Å². The van der Waals surface area contributed by atoms with Gasteiger partial charge in [0.15, 0.2) is 0 Å². The number of amides is 2. The number of benzene rings is 2. The summed E-state index contributed by atoms with van der Waals surface area (Å²) in [6.07, 6.45) is 6.73. The van der Waals surface area contributed by atoms with E-state index in [1.165, 1.54) is 24.8 Å². The van der Waals surface area contributed by atoms with Gasteiger partial charge in [-0.25, -0.2) is 0 Å². The maximum Gasteiger partial charge on any atom is 0.242 e. The van der Waals surface area contributed by atoms with Gasteiger partial charge < -0.3 is 10.2 Å². The zero-order valence-corrected chi connectivity index (χ0v) is 17.3. The molecule has 1 saturated carbocycles. The van der Waals surface area contributed by atoms with Crippen LogP contribution in [0.3, 0.4) is 0 Å². The summed E-state index contributed by atoms with van der Waals surface area (Å²) in [6, 6.07) is 19.6. The molecule has 1 aliphatic carbocycles. The largest absolute Gasteiger partial charge is 0.352 e. The van der Waals surface area contributed by atoms with E-state index in [1.54, 1.807) is 4.90 Å². The van der Waals surface area contributed by atoms with Crippen molar-refractivity contribution in [3.05, 3.63) is 71.8 Å². The minimum atomic E-state index is -0.475. The molecule has 1 N–H and O–H groups in total. The van der Waals surface area contributed by atoms with E-state index in [0.717, 1.165) is 24.8 Å². The second kappa shape index (κ2) is 10.8. The lowest BCUT2D eigenvalue weighted by Crippen LogP contribution is -2.51. The Bertz CT molecular complexity index is 770. The lowest BCUT2D eigenvalue weighted by atomic mass is 9.95. The van der Waals surface area contributed by atoms with E-state index >= 15 is 0 Å². The van der Waals surface area contributed by atoms with Crippen LogP contribution in [-0.2, 0) is 22.4 Å². The van der Waals surface area contributed by atoms with Crippen LogP contribution < -0.4 is 5.32 Å². The number of hydrogen-bond donors (Lipinski definition) is 1. The average molecular weight is 393 g/mol. The first-order chi connectivity index (χ1) is 14.1. The summed E-state index contributed by atoms with van der Waals surface area (Å²) in [5.41, 5.74) is 2.15. The quantitative estimate of drug-likeness (QED) is 0.734. The van der Waals surface area contributed by atoms with Crippen molar-refractivity contribution in [1.82, 2.24) is 10.2 Å². The normalized spacial score (nSPS) is 15.5. The predicted molar refractivity (Wildman–Crippen MR) is 116 cm³/mol. The third kappa shape index (κ3) is 6.45. The SMILES string of the molecule is C[C@H](C(=O)NC1CCCCC1)N(CCc1ccccc1)C(=O)Cc1ccccc1. The lowest BCUT2D eigenvalue weighted by Gasteiger charge is -2.31. The van der Waals surface area contributed by atoms with Gasteiger partial charge in [0.1, 0.15) is 6.04 Å². The van der Waals surface area contributed by atoms with Gasteiger partial charge in [-0.2, -0.15) is 0 Å². The predicted octanol–water partition coefficient (Wildman–Crippen LogP) is 4.14. The van der Waals surface area contributed by atoms with Crippen LogP contribution in [-0.4, -0.2) is 35.3 Å². The molecule has 0 aliphatic heterocycles. The maximum atomic E-state index is 13.1. The number of nitrogens with zero attached hydrogens (tertiary/aromatic N) is 1. The standard InChI is InChI=1S/C25H32N2O2/c1-20(25(29)26-23-15-9-4-10-16-23)27(18-17-21-11-5-2-6-12-21)24(28)19-22-13-7-3-8-14-22/h2-3,5-8,11-14,20,23H,4,9-10,15-19H2,1H3,(H,26,29)/t20-/m1/s1. The topological polar surface area (TPSA) is 49.4 Å². The van der Waals surface area contributed by atoms with Gasteiger partial charge in [0.2, 0.25) is 11.8 Å². The zero-order chi connectivity index (χ0) is 20.5. The second-order valence-electron chi connectivity index (χ2n) is 8.00. The maximum absolute atomic E-state index is 13.1. The van der Waals surface area contributed by atoms with Crippen molar-refractivity contribution in [3.63, 3.8) is 0 Å². The molecule has 0 aromatic heterocycles. The minimum absolute atomic E-state index is 0.00146. The Hall–Kier alpha value is -2.62. The molecule has 0 unspecified atom stereocenters. The van der Waals surface area contributed by atoms with Crippen LogP contribution in [0.4, 0.5) is 0 Å². The Morgan fingerprint density at radius 2 is 1.52 bits per heavy atom. The molecular formula is C25H32N2O2. The fraction of sp³-hybridized carbons (Fsp3) is 0.440. The molecule has 0 radical (unpaired) electrons. The van der Waals surface area contributed by atoms with Gasteiger partial charge >= 0.3 is 0 Å².